The molecular formula is C28H38F2N2O2. The second-order valence-corrected chi connectivity index (χ2v) is 7.01. The van der Waals surface area contributed by atoms with Crippen LogP contribution in [0.4, 0.5) is 14.5 Å². The minimum absolute atomic E-state index is 0.204. The lowest BCUT2D eigenvalue weighted by Gasteiger charge is -2.16. The first-order chi connectivity index (χ1) is 16.5. The number of benzene rings is 2. The Labute approximate surface area is 203 Å². The van der Waals surface area contributed by atoms with Crippen LogP contribution >= 0.6 is 0 Å². The Bertz CT molecular complexity index is 1010. The number of allylic oxidation sites excluding steroid dienone is 2. The molecule has 0 saturated heterocycles. The molecule has 0 unspecified atom stereocenters. The Kier molecular flexibility index (Phi) is 12.8. The highest BCUT2D eigenvalue weighted by atomic mass is 19.2. The van der Waals surface area contributed by atoms with Crippen molar-refractivity contribution in [2.45, 2.75) is 54.4 Å². The van der Waals surface area contributed by atoms with Gasteiger partial charge in [-0.2, -0.15) is 0 Å². The van der Waals surface area contributed by atoms with E-state index < -0.39 is 17.5 Å². The molecule has 0 aliphatic carbocycles. The van der Waals surface area contributed by atoms with E-state index >= 15 is 0 Å². The molecule has 0 aromatic heterocycles. The number of ether oxygens (including phenoxy) is 1. The molecule has 1 aliphatic rings. The summed E-state index contributed by atoms with van der Waals surface area (Å²) in [5.74, 6) is -2.25. The zero-order valence-corrected chi connectivity index (χ0v) is 21.4. The van der Waals surface area contributed by atoms with Gasteiger partial charge in [0.2, 0.25) is 0 Å². The highest BCUT2D eigenvalue weighted by Crippen LogP contribution is 2.31. The van der Waals surface area contributed by atoms with Crippen molar-refractivity contribution < 1.29 is 18.3 Å². The summed E-state index contributed by atoms with van der Waals surface area (Å²) in [5, 5.41) is 5.77. The summed E-state index contributed by atoms with van der Waals surface area (Å²) < 4.78 is 34.8. The van der Waals surface area contributed by atoms with E-state index in [4.69, 9.17) is 4.74 Å². The van der Waals surface area contributed by atoms with E-state index in [1.165, 1.54) is 12.1 Å². The van der Waals surface area contributed by atoms with Gasteiger partial charge in [-0.15, -0.1) is 0 Å². The Balaban J connectivity index is 0.00000137. The third kappa shape index (κ3) is 7.00. The smallest absolute Gasteiger partial charge is 0.258 e. The third-order valence-electron chi connectivity index (χ3n) is 5.27. The molecular weight excluding hydrogens is 434 g/mol. The topological polar surface area (TPSA) is 50.4 Å². The van der Waals surface area contributed by atoms with Gasteiger partial charge in [-0.25, -0.2) is 8.78 Å². The number of amides is 1. The third-order valence-corrected chi connectivity index (χ3v) is 5.27. The van der Waals surface area contributed by atoms with Gasteiger partial charge in [-0.05, 0) is 55.7 Å². The lowest BCUT2D eigenvalue weighted by atomic mass is 9.97. The lowest BCUT2D eigenvalue weighted by molar-refractivity contribution is 0.102. The van der Waals surface area contributed by atoms with Gasteiger partial charge >= 0.3 is 0 Å². The van der Waals surface area contributed by atoms with Gasteiger partial charge in [0.1, 0.15) is 5.75 Å². The molecule has 4 nitrogen and oxygen atoms in total. The average Bonchev–Trinajstić information content (AvgIpc) is 2.89. The van der Waals surface area contributed by atoms with Crippen LogP contribution in [0, 0.1) is 11.6 Å². The van der Waals surface area contributed by atoms with Crippen LogP contribution in [0.3, 0.4) is 0 Å². The number of anilines is 1. The normalized spacial score (nSPS) is 13.0. The number of rotatable bonds is 6. The van der Waals surface area contributed by atoms with Gasteiger partial charge in [-0.3, -0.25) is 4.79 Å². The van der Waals surface area contributed by atoms with E-state index in [9.17, 15) is 13.6 Å². The summed E-state index contributed by atoms with van der Waals surface area (Å²) in [6, 6.07) is 8.03. The minimum Gasteiger partial charge on any atom is -0.496 e. The van der Waals surface area contributed by atoms with E-state index in [0.29, 0.717) is 30.9 Å². The second kappa shape index (κ2) is 15.0. The van der Waals surface area contributed by atoms with Gasteiger partial charge in [-0.1, -0.05) is 52.8 Å². The van der Waals surface area contributed by atoms with Crippen LogP contribution in [0.2, 0.25) is 0 Å². The molecule has 0 bridgehead atoms. The minimum atomic E-state index is -1.14. The molecule has 2 aromatic rings. The first kappa shape index (κ1) is 29.0. The Hall–Kier alpha value is -2.99. The van der Waals surface area contributed by atoms with Crippen molar-refractivity contribution in [1.82, 2.24) is 5.32 Å². The number of methoxy groups -OCH3 is 1. The van der Waals surface area contributed by atoms with Crippen molar-refractivity contribution in [1.29, 1.82) is 0 Å². The number of carbonyl (C=O) groups is 1. The van der Waals surface area contributed by atoms with Crippen molar-refractivity contribution >= 4 is 22.7 Å². The maximum atomic E-state index is 14.7. The fourth-order valence-electron chi connectivity index (χ4n) is 3.62. The molecule has 1 aliphatic heterocycles. The molecule has 0 fully saturated rings. The van der Waals surface area contributed by atoms with E-state index in [-0.39, 0.29) is 11.1 Å². The van der Waals surface area contributed by atoms with Crippen LogP contribution in [0.1, 0.15) is 75.9 Å². The molecule has 2 aromatic carbocycles. The predicted octanol–water partition coefficient (Wildman–Crippen LogP) is 7.47. The van der Waals surface area contributed by atoms with Crippen LogP contribution < -0.4 is 15.4 Å². The summed E-state index contributed by atoms with van der Waals surface area (Å²) in [5.41, 5.74) is 3.09. The Morgan fingerprint density at radius 2 is 1.76 bits per heavy atom. The molecule has 3 rings (SSSR count). The molecule has 34 heavy (non-hydrogen) atoms. The van der Waals surface area contributed by atoms with Gasteiger partial charge in [0.25, 0.3) is 5.91 Å². The average molecular weight is 473 g/mol. The summed E-state index contributed by atoms with van der Waals surface area (Å²) >= 11 is 0. The van der Waals surface area contributed by atoms with Crippen molar-refractivity contribution in [2.24, 2.45) is 0 Å². The number of carbonyl (C=O) groups excluding carboxylic acids is 1. The number of hydrogen-bond donors (Lipinski definition) is 2. The number of hydrogen-bond acceptors (Lipinski definition) is 3. The van der Waals surface area contributed by atoms with Crippen molar-refractivity contribution in [2.75, 3.05) is 25.5 Å². The van der Waals surface area contributed by atoms with Crippen molar-refractivity contribution in [3.8, 4) is 5.75 Å². The summed E-state index contributed by atoms with van der Waals surface area (Å²) in [6.07, 6.45) is 5.29. The number of halogens is 2. The molecule has 6 heteroatoms. The first-order valence-electron chi connectivity index (χ1n) is 12.0. The van der Waals surface area contributed by atoms with Crippen LogP contribution in [0.25, 0.3) is 11.1 Å². The fourth-order valence-corrected chi connectivity index (χ4v) is 3.62. The monoisotopic (exact) mass is 472 g/mol. The van der Waals surface area contributed by atoms with Crippen LogP contribution in [0.5, 0.6) is 5.75 Å². The van der Waals surface area contributed by atoms with Crippen LogP contribution in [-0.4, -0.2) is 26.1 Å². The molecule has 1 heterocycles. The molecule has 0 atom stereocenters. The van der Waals surface area contributed by atoms with Gasteiger partial charge in [0.05, 0.1) is 12.7 Å². The van der Waals surface area contributed by atoms with Gasteiger partial charge < -0.3 is 15.4 Å². The van der Waals surface area contributed by atoms with E-state index in [2.05, 4.69) is 10.6 Å². The summed E-state index contributed by atoms with van der Waals surface area (Å²) in [7, 11) is 1.55. The van der Waals surface area contributed by atoms with E-state index in [0.717, 1.165) is 23.1 Å². The van der Waals surface area contributed by atoms with Gasteiger partial charge in [0, 0.05) is 29.4 Å². The van der Waals surface area contributed by atoms with Crippen LogP contribution in [0.15, 0.2) is 42.5 Å². The standard InChI is InChI=1S/C24H26F2N2O2.2C2H6/c1-4-15(5-2)18-7-6-17(14-21(18)30-3)28-24(29)20-9-8-19(22(25)23(20)26)16-10-12-27-13-11-16;2*1-2/h4,6-10,14,27H,5,11-13H2,1-3H3,(H,28,29);2*1-2H3/b15-4+;;. The molecule has 0 spiro atoms. The Morgan fingerprint density at radius 3 is 2.32 bits per heavy atom. The highest BCUT2D eigenvalue weighted by molar-refractivity contribution is 6.05. The summed E-state index contributed by atoms with van der Waals surface area (Å²) in [4.78, 5) is 12.6. The first-order valence-corrected chi connectivity index (χ1v) is 12.0. The maximum absolute atomic E-state index is 14.7. The van der Waals surface area contributed by atoms with E-state index in [1.807, 2.05) is 59.8 Å². The second-order valence-electron chi connectivity index (χ2n) is 7.01. The number of nitrogens with one attached hydrogen (secondary N) is 2. The quantitative estimate of drug-likeness (QED) is 0.458. The zero-order chi connectivity index (χ0) is 25.7. The van der Waals surface area contributed by atoms with Gasteiger partial charge in [0.15, 0.2) is 11.6 Å². The largest absolute Gasteiger partial charge is 0.496 e. The molecule has 186 valence electrons. The molecule has 2 N–H and O–H groups in total. The highest BCUT2D eigenvalue weighted by Gasteiger charge is 2.21. The SMILES string of the molecule is C/C=C(\CC)c1ccc(NC(=O)c2ccc(C3=CCNCC3)c(F)c2F)cc1OC.CC.CC. The Morgan fingerprint density at radius 1 is 1.09 bits per heavy atom. The van der Waals surface area contributed by atoms with E-state index in [1.54, 1.807) is 19.2 Å². The molecule has 0 saturated carbocycles. The summed E-state index contributed by atoms with van der Waals surface area (Å²) in [6.45, 7) is 13.3. The zero-order valence-electron chi connectivity index (χ0n) is 21.4. The van der Waals surface area contributed by atoms with Crippen molar-refractivity contribution in [3.63, 3.8) is 0 Å². The fraction of sp³-hybridized carbons (Fsp3) is 0.393. The molecule has 0 radical (unpaired) electrons. The lowest BCUT2D eigenvalue weighted by Crippen LogP contribution is -2.21. The van der Waals surface area contributed by atoms with Crippen LogP contribution in [-0.2, 0) is 0 Å². The maximum Gasteiger partial charge on any atom is 0.258 e. The van der Waals surface area contributed by atoms with Crippen molar-refractivity contribution in [3.05, 3.63) is 70.8 Å². The predicted molar refractivity (Wildman–Crippen MR) is 139 cm³/mol. The molecule has 1 amide bonds.